The fourth-order valence-electron chi connectivity index (χ4n) is 1.24. The fourth-order valence-corrected chi connectivity index (χ4v) is 1.56. The van der Waals surface area contributed by atoms with Crippen molar-refractivity contribution >= 4 is 29.0 Å². The number of Topliss-reactive ketones (excluding diaryl/α,β-unsaturated/α-hetero) is 1. The van der Waals surface area contributed by atoms with Gasteiger partial charge in [-0.15, -0.1) is 0 Å². The lowest BCUT2D eigenvalue weighted by Gasteiger charge is -2.01. The third-order valence-electron chi connectivity index (χ3n) is 1.98. The maximum absolute atomic E-state index is 10.7. The van der Waals surface area contributed by atoms with Crippen LogP contribution in [0.15, 0.2) is 18.2 Å². The van der Waals surface area contributed by atoms with Crippen LogP contribution in [0.4, 0.5) is 0 Å². The minimum Gasteiger partial charge on any atom is -0.300 e. The van der Waals surface area contributed by atoms with E-state index in [0.29, 0.717) is 16.5 Å². The SMILES string of the molecule is CC(=O)CCCc1ccc(Cl)c(Cl)c1. The molecule has 0 amide bonds. The van der Waals surface area contributed by atoms with Gasteiger partial charge in [0.1, 0.15) is 5.78 Å². The van der Waals surface area contributed by atoms with E-state index in [2.05, 4.69) is 0 Å². The van der Waals surface area contributed by atoms with Gasteiger partial charge in [0.05, 0.1) is 10.0 Å². The molecule has 0 spiro atoms. The van der Waals surface area contributed by atoms with Gasteiger partial charge < -0.3 is 4.79 Å². The van der Waals surface area contributed by atoms with Crippen molar-refractivity contribution in [3.63, 3.8) is 0 Å². The molecule has 0 fully saturated rings. The van der Waals surface area contributed by atoms with Crippen molar-refractivity contribution in [3.05, 3.63) is 33.8 Å². The summed E-state index contributed by atoms with van der Waals surface area (Å²) >= 11 is 11.6. The lowest BCUT2D eigenvalue weighted by Crippen LogP contribution is -1.92. The van der Waals surface area contributed by atoms with E-state index in [1.807, 2.05) is 12.1 Å². The maximum atomic E-state index is 10.7. The maximum Gasteiger partial charge on any atom is 0.129 e. The van der Waals surface area contributed by atoms with Gasteiger partial charge in [0.15, 0.2) is 0 Å². The van der Waals surface area contributed by atoms with Crippen molar-refractivity contribution in [3.8, 4) is 0 Å². The minimum absolute atomic E-state index is 0.227. The third kappa shape index (κ3) is 3.69. The summed E-state index contributed by atoms with van der Waals surface area (Å²) in [7, 11) is 0. The molecule has 0 aliphatic carbocycles. The first kappa shape index (κ1) is 11.5. The van der Waals surface area contributed by atoms with Crippen LogP contribution in [0.2, 0.25) is 10.0 Å². The monoisotopic (exact) mass is 230 g/mol. The molecule has 0 bridgehead atoms. The second kappa shape index (κ2) is 5.38. The number of hydrogen-bond acceptors (Lipinski definition) is 1. The number of ketones is 1. The van der Waals surface area contributed by atoms with Gasteiger partial charge >= 0.3 is 0 Å². The molecular weight excluding hydrogens is 219 g/mol. The molecule has 14 heavy (non-hydrogen) atoms. The van der Waals surface area contributed by atoms with Crippen molar-refractivity contribution in [1.29, 1.82) is 0 Å². The molecule has 76 valence electrons. The van der Waals surface area contributed by atoms with Gasteiger partial charge in [0, 0.05) is 6.42 Å². The molecule has 0 aromatic heterocycles. The highest BCUT2D eigenvalue weighted by Gasteiger charge is 2.00. The number of aryl methyl sites for hydroxylation is 1. The lowest BCUT2D eigenvalue weighted by atomic mass is 10.1. The van der Waals surface area contributed by atoms with E-state index in [9.17, 15) is 4.79 Å². The molecule has 0 saturated carbocycles. The molecule has 0 aliphatic rings. The first-order valence-corrected chi connectivity index (χ1v) is 5.28. The normalized spacial score (nSPS) is 10.2. The van der Waals surface area contributed by atoms with Gasteiger partial charge in [-0.1, -0.05) is 29.3 Å². The van der Waals surface area contributed by atoms with Crippen molar-refractivity contribution in [1.82, 2.24) is 0 Å². The van der Waals surface area contributed by atoms with Crippen molar-refractivity contribution in [2.75, 3.05) is 0 Å². The highest BCUT2D eigenvalue weighted by atomic mass is 35.5. The van der Waals surface area contributed by atoms with Crippen LogP contribution in [0.25, 0.3) is 0 Å². The topological polar surface area (TPSA) is 17.1 Å². The van der Waals surface area contributed by atoms with Gasteiger partial charge in [0.25, 0.3) is 0 Å². The molecule has 1 nitrogen and oxygen atoms in total. The van der Waals surface area contributed by atoms with Crippen LogP contribution < -0.4 is 0 Å². The standard InChI is InChI=1S/C11H12Cl2O/c1-8(14)3-2-4-9-5-6-10(12)11(13)7-9/h5-7H,2-4H2,1H3. The Hall–Kier alpha value is -0.530. The molecule has 0 radical (unpaired) electrons. The largest absolute Gasteiger partial charge is 0.300 e. The smallest absolute Gasteiger partial charge is 0.129 e. The molecule has 1 rings (SSSR count). The number of benzene rings is 1. The van der Waals surface area contributed by atoms with Gasteiger partial charge in [-0.3, -0.25) is 0 Å². The van der Waals surface area contributed by atoms with E-state index in [4.69, 9.17) is 23.2 Å². The number of carbonyl (C=O) groups excluding carboxylic acids is 1. The van der Waals surface area contributed by atoms with Crippen LogP contribution in [-0.4, -0.2) is 5.78 Å². The third-order valence-corrected chi connectivity index (χ3v) is 2.72. The highest BCUT2D eigenvalue weighted by molar-refractivity contribution is 6.42. The zero-order chi connectivity index (χ0) is 10.6. The number of carbonyl (C=O) groups is 1. The Morgan fingerprint density at radius 1 is 1.29 bits per heavy atom. The first-order chi connectivity index (χ1) is 6.59. The molecule has 1 aromatic rings. The second-order valence-electron chi connectivity index (χ2n) is 3.30. The molecule has 3 heteroatoms. The molecule has 0 N–H and O–H groups in total. The van der Waals surface area contributed by atoms with Gasteiger partial charge in [-0.05, 0) is 37.5 Å². The fraction of sp³-hybridized carbons (Fsp3) is 0.364. The Morgan fingerprint density at radius 2 is 2.00 bits per heavy atom. The lowest BCUT2D eigenvalue weighted by molar-refractivity contribution is -0.117. The molecule has 1 aromatic carbocycles. The zero-order valence-corrected chi connectivity index (χ0v) is 9.53. The van der Waals surface area contributed by atoms with E-state index in [1.54, 1.807) is 13.0 Å². The van der Waals surface area contributed by atoms with Crippen LogP contribution in [0.5, 0.6) is 0 Å². The molecule has 0 atom stereocenters. The summed E-state index contributed by atoms with van der Waals surface area (Å²) in [5.74, 6) is 0.227. The molecule has 0 aliphatic heterocycles. The Morgan fingerprint density at radius 3 is 2.57 bits per heavy atom. The minimum atomic E-state index is 0.227. The first-order valence-electron chi connectivity index (χ1n) is 4.53. The molecule has 0 heterocycles. The average molecular weight is 231 g/mol. The predicted molar refractivity (Wildman–Crippen MR) is 60.1 cm³/mol. The van der Waals surface area contributed by atoms with Crippen molar-refractivity contribution < 1.29 is 4.79 Å². The Balaban J connectivity index is 2.51. The Labute approximate surface area is 94.0 Å². The van der Waals surface area contributed by atoms with E-state index in [0.717, 1.165) is 18.4 Å². The summed E-state index contributed by atoms with van der Waals surface area (Å²) in [4.78, 5) is 10.7. The van der Waals surface area contributed by atoms with Crippen molar-refractivity contribution in [2.24, 2.45) is 0 Å². The molecule has 0 unspecified atom stereocenters. The van der Waals surface area contributed by atoms with E-state index in [-0.39, 0.29) is 5.78 Å². The summed E-state index contributed by atoms with van der Waals surface area (Å²) in [6.45, 7) is 1.61. The van der Waals surface area contributed by atoms with Crippen LogP contribution in [0, 0.1) is 0 Å². The summed E-state index contributed by atoms with van der Waals surface area (Å²) in [6, 6.07) is 5.57. The summed E-state index contributed by atoms with van der Waals surface area (Å²) in [5.41, 5.74) is 1.13. The molecule has 0 saturated heterocycles. The Kier molecular flexibility index (Phi) is 4.43. The Bertz CT molecular complexity index is 334. The predicted octanol–water partition coefficient (Wildman–Crippen LogP) is 3.91. The van der Waals surface area contributed by atoms with Gasteiger partial charge in [0.2, 0.25) is 0 Å². The summed E-state index contributed by atoms with van der Waals surface area (Å²) < 4.78 is 0. The number of halogens is 2. The summed E-state index contributed by atoms with van der Waals surface area (Å²) in [6.07, 6.45) is 2.37. The van der Waals surface area contributed by atoms with Crippen LogP contribution in [0.3, 0.4) is 0 Å². The van der Waals surface area contributed by atoms with E-state index < -0.39 is 0 Å². The second-order valence-corrected chi connectivity index (χ2v) is 4.12. The average Bonchev–Trinajstić information content (AvgIpc) is 2.10. The zero-order valence-electron chi connectivity index (χ0n) is 8.02. The van der Waals surface area contributed by atoms with Gasteiger partial charge in [-0.25, -0.2) is 0 Å². The van der Waals surface area contributed by atoms with E-state index >= 15 is 0 Å². The van der Waals surface area contributed by atoms with Gasteiger partial charge in [-0.2, -0.15) is 0 Å². The quantitative estimate of drug-likeness (QED) is 0.767. The van der Waals surface area contributed by atoms with Crippen molar-refractivity contribution in [2.45, 2.75) is 26.2 Å². The summed E-state index contributed by atoms with van der Waals surface area (Å²) in [5, 5.41) is 1.15. The van der Waals surface area contributed by atoms with E-state index in [1.165, 1.54) is 0 Å². The number of rotatable bonds is 4. The highest BCUT2D eigenvalue weighted by Crippen LogP contribution is 2.23. The van der Waals surface area contributed by atoms with Crippen LogP contribution >= 0.6 is 23.2 Å². The molecular formula is C11H12Cl2O. The van der Waals surface area contributed by atoms with Crippen LogP contribution in [0.1, 0.15) is 25.3 Å². The van der Waals surface area contributed by atoms with Crippen LogP contribution in [-0.2, 0) is 11.2 Å². The number of hydrogen-bond donors (Lipinski definition) is 0.